The van der Waals surface area contributed by atoms with Gasteiger partial charge in [0.2, 0.25) is 5.91 Å². The number of para-hydroxylation sites is 3. The van der Waals surface area contributed by atoms with Crippen molar-refractivity contribution in [3.05, 3.63) is 77.9 Å². The minimum Gasteiger partial charge on any atom is -0.507 e. The zero-order valence-corrected chi connectivity index (χ0v) is 20.1. The number of phenols is 1. The van der Waals surface area contributed by atoms with Crippen LogP contribution < -0.4 is 10.1 Å². The Kier molecular flexibility index (Phi) is 7.18. The fraction of sp³-hybridized carbons (Fsp3) is 0.192. The molecule has 0 saturated heterocycles. The Morgan fingerprint density at radius 2 is 1.82 bits per heavy atom. The third-order valence-corrected chi connectivity index (χ3v) is 6.09. The highest BCUT2D eigenvalue weighted by Gasteiger charge is 2.20. The van der Waals surface area contributed by atoms with Crippen LogP contribution in [0, 0.1) is 13.8 Å². The van der Waals surface area contributed by atoms with Crippen molar-refractivity contribution in [2.45, 2.75) is 25.9 Å². The number of aryl methyl sites for hydroxylation is 2. The third-order valence-electron chi connectivity index (χ3n) is 5.16. The van der Waals surface area contributed by atoms with Crippen LogP contribution in [0.15, 0.2) is 71.9 Å². The molecule has 0 saturated carbocycles. The van der Waals surface area contributed by atoms with E-state index >= 15 is 0 Å². The van der Waals surface area contributed by atoms with Gasteiger partial charge < -0.3 is 15.2 Å². The third kappa shape index (κ3) is 5.07. The van der Waals surface area contributed by atoms with Crippen molar-refractivity contribution in [1.82, 2.24) is 14.8 Å². The normalized spacial score (nSPS) is 10.8. The summed E-state index contributed by atoms with van der Waals surface area (Å²) in [6.45, 7) is 6.46. The van der Waals surface area contributed by atoms with Crippen molar-refractivity contribution in [1.29, 1.82) is 0 Å². The lowest BCUT2D eigenvalue weighted by Crippen LogP contribution is -2.15. The van der Waals surface area contributed by atoms with Gasteiger partial charge >= 0.3 is 0 Å². The van der Waals surface area contributed by atoms with Crippen LogP contribution >= 0.6 is 11.8 Å². The van der Waals surface area contributed by atoms with E-state index in [1.807, 2.05) is 67.8 Å². The van der Waals surface area contributed by atoms with E-state index in [9.17, 15) is 9.90 Å². The molecule has 0 bridgehead atoms. The van der Waals surface area contributed by atoms with E-state index in [4.69, 9.17) is 4.74 Å². The molecule has 1 heterocycles. The molecular formula is C26H26N4O3S. The van der Waals surface area contributed by atoms with Crippen molar-refractivity contribution in [2.75, 3.05) is 17.7 Å². The SMILES string of the molecule is CCOc1ccccc1NC(=O)CSc1nnc(-c2ccccc2O)n1-c1ccc(C)cc1C. The molecule has 0 aliphatic carbocycles. The topological polar surface area (TPSA) is 89.3 Å². The molecule has 4 rings (SSSR count). The minimum absolute atomic E-state index is 0.114. The van der Waals surface area contributed by atoms with Crippen LogP contribution in [-0.2, 0) is 4.79 Å². The molecule has 1 amide bonds. The average molecular weight is 475 g/mol. The van der Waals surface area contributed by atoms with Gasteiger partial charge in [-0.1, -0.05) is 53.7 Å². The Hall–Kier alpha value is -3.78. The number of amides is 1. The van der Waals surface area contributed by atoms with E-state index in [0.717, 1.165) is 16.8 Å². The van der Waals surface area contributed by atoms with E-state index in [1.54, 1.807) is 18.2 Å². The van der Waals surface area contributed by atoms with Crippen molar-refractivity contribution in [3.8, 4) is 28.6 Å². The minimum atomic E-state index is -0.184. The molecule has 1 aromatic heterocycles. The van der Waals surface area contributed by atoms with Gasteiger partial charge in [-0.15, -0.1) is 10.2 Å². The molecule has 174 valence electrons. The number of aromatic nitrogens is 3. The Morgan fingerprint density at radius 1 is 1.06 bits per heavy atom. The summed E-state index contributed by atoms with van der Waals surface area (Å²) >= 11 is 1.28. The molecular weight excluding hydrogens is 448 g/mol. The number of hydrogen-bond acceptors (Lipinski definition) is 6. The van der Waals surface area contributed by atoms with Gasteiger partial charge in [-0.2, -0.15) is 0 Å². The first-order valence-electron chi connectivity index (χ1n) is 10.9. The maximum absolute atomic E-state index is 12.7. The highest BCUT2D eigenvalue weighted by Crippen LogP contribution is 2.34. The molecule has 7 nitrogen and oxygen atoms in total. The van der Waals surface area contributed by atoms with E-state index in [-0.39, 0.29) is 17.4 Å². The lowest BCUT2D eigenvalue weighted by molar-refractivity contribution is -0.113. The van der Waals surface area contributed by atoms with Gasteiger partial charge in [0.15, 0.2) is 11.0 Å². The number of hydrogen-bond donors (Lipinski definition) is 2. The van der Waals surface area contributed by atoms with Crippen molar-refractivity contribution in [3.63, 3.8) is 0 Å². The lowest BCUT2D eigenvalue weighted by atomic mass is 10.1. The second-order valence-corrected chi connectivity index (χ2v) is 8.66. The number of rotatable bonds is 8. The van der Waals surface area contributed by atoms with Crippen LogP contribution in [0.4, 0.5) is 5.69 Å². The number of ether oxygens (including phenoxy) is 1. The van der Waals surface area contributed by atoms with Crippen LogP contribution in [0.3, 0.4) is 0 Å². The Labute approximate surface area is 202 Å². The van der Waals surface area contributed by atoms with E-state index in [0.29, 0.717) is 34.6 Å². The van der Waals surface area contributed by atoms with Gasteiger partial charge in [0, 0.05) is 0 Å². The highest BCUT2D eigenvalue weighted by atomic mass is 32.2. The molecule has 0 aliphatic heterocycles. The standard InChI is InChI=1S/C26H26N4O3S/c1-4-33-23-12-8-6-10-20(23)27-24(32)16-34-26-29-28-25(19-9-5-7-11-22(19)31)30(26)21-14-13-17(2)15-18(21)3/h5-15,31H,4,16H2,1-3H3,(H,27,32). The molecule has 2 N–H and O–H groups in total. The summed E-state index contributed by atoms with van der Waals surface area (Å²) in [4.78, 5) is 12.7. The maximum Gasteiger partial charge on any atom is 0.234 e. The monoisotopic (exact) mass is 474 g/mol. The van der Waals surface area contributed by atoms with Gasteiger partial charge in [0.25, 0.3) is 0 Å². The Bertz CT molecular complexity index is 1320. The first kappa shape index (κ1) is 23.4. The molecule has 8 heteroatoms. The van der Waals surface area contributed by atoms with Crippen LogP contribution in [0.5, 0.6) is 11.5 Å². The maximum atomic E-state index is 12.7. The number of aromatic hydroxyl groups is 1. The van der Waals surface area contributed by atoms with Gasteiger partial charge in [0.05, 0.1) is 29.3 Å². The molecule has 4 aromatic rings. The van der Waals surface area contributed by atoms with Crippen LogP contribution in [0.25, 0.3) is 17.1 Å². The smallest absolute Gasteiger partial charge is 0.234 e. The zero-order chi connectivity index (χ0) is 24.1. The lowest BCUT2D eigenvalue weighted by Gasteiger charge is -2.14. The zero-order valence-electron chi connectivity index (χ0n) is 19.3. The molecule has 0 unspecified atom stereocenters. The first-order chi connectivity index (χ1) is 16.5. The van der Waals surface area contributed by atoms with Gasteiger partial charge in [-0.25, -0.2) is 0 Å². The van der Waals surface area contributed by atoms with E-state index in [1.165, 1.54) is 11.8 Å². The largest absolute Gasteiger partial charge is 0.507 e. The van der Waals surface area contributed by atoms with Gasteiger partial charge in [0.1, 0.15) is 11.5 Å². The van der Waals surface area contributed by atoms with Crippen molar-refractivity contribution < 1.29 is 14.6 Å². The average Bonchev–Trinajstić information content (AvgIpc) is 3.23. The molecule has 34 heavy (non-hydrogen) atoms. The first-order valence-corrected chi connectivity index (χ1v) is 11.9. The van der Waals surface area contributed by atoms with Crippen LogP contribution in [-0.4, -0.2) is 38.1 Å². The number of carbonyl (C=O) groups excluding carboxylic acids is 1. The number of nitrogens with zero attached hydrogens (tertiary/aromatic N) is 3. The second kappa shape index (κ2) is 10.4. The predicted molar refractivity (Wildman–Crippen MR) is 135 cm³/mol. The molecule has 0 fully saturated rings. The molecule has 0 spiro atoms. The molecule has 3 aromatic carbocycles. The Balaban J connectivity index is 1.64. The second-order valence-electron chi connectivity index (χ2n) is 7.71. The fourth-order valence-electron chi connectivity index (χ4n) is 3.64. The van der Waals surface area contributed by atoms with Crippen LogP contribution in [0.1, 0.15) is 18.1 Å². The van der Waals surface area contributed by atoms with Crippen molar-refractivity contribution in [2.24, 2.45) is 0 Å². The van der Waals surface area contributed by atoms with E-state index < -0.39 is 0 Å². The number of nitrogens with one attached hydrogen (secondary N) is 1. The number of carbonyl (C=O) groups is 1. The Morgan fingerprint density at radius 3 is 2.59 bits per heavy atom. The summed E-state index contributed by atoms with van der Waals surface area (Å²) in [6, 6.07) is 20.5. The molecule has 0 aliphatic rings. The predicted octanol–water partition coefficient (Wildman–Crippen LogP) is 5.39. The number of phenolic OH excluding ortho intramolecular Hbond substituents is 1. The van der Waals surface area contributed by atoms with Crippen molar-refractivity contribution >= 4 is 23.4 Å². The summed E-state index contributed by atoms with van der Waals surface area (Å²) in [5.41, 5.74) is 4.25. The van der Waals surface area contributed by atoms with Gasteiger partial charge in [-0.3, -0.25) is 9.36 Å². The molecule has 0 atom stereocenters. The summed E-state index contributed by atoms with van der Waals surface area (Å²) in [7, 11) is 0. The fourth-order valence-corrected chi connectivity index (χ4v) is 4.39. The quantitative estimate of drug-likeness (QED) is 0.333. The summed E-state index contributed by atoms with van der Waals surface area (Å²) in [6.07, 6.45) is 0. The van der Waals surface area contributed by atoms with Gasteiger partial charge in [-0.05, 0) is 56.7 Å². The highest BCUT2D eigenvalue weighted by molar-refractivity contribution is 7.99. The number of thioether (sulfide) groups is 1. The molecule has 0 radical (unpaired) electrons. The summed E-state index contributed by atoms with van der Waals surface area (Å²) < 4.78 is 7.48. The summed E-state index contributed by atoms with van der Waals surface area (Å²) in [5, 5.41) is 22.6. The number of anilines is 1. The summed E-state index contributed by atoms with van der Waals surface area (Å²) in [5.74, 6) is 1.20. The number of benzene rings is 3. The van der Waals surface area contributed by atoms with Crippen LogP contribution in [0.2, 0.25) is 0 Å². The van der Waals surface area contributed by atoms with E-state index in [2.05, 4.69) is 21.6 Å².